The highest BCUT2D eigenvalue weighted by Crippen LogP contribution is 2.06. The van der Waals surface area contributed by atoms with Crippen molar-refractivity contribution in [1.82, 2.24) is 0 Å². The Morgan fingerprint density at radius 1 is 1.00 bits per heavy atom. The Balaban J connectivity index is 4.10. The highest BCUT2D eigenvalue weighted by Gasteiger charge is 2.28. The quantitative estimate of drug-likeness (QED) is 0.495. The van der Waals surface area contributed by atoms with E-state index in [1.165, 1.54) is 0 Å². The summed E-state index contributed by atoms with van der Waals surface area (Å²) < 4.78 is 23.4. The van der Waals surface area contributed by atoms with Crippen LogP contribution in [0.3, 0.4) is 0 Å². The zero-order chi connectivity index (χ0) is 8.31. The second kappa shape index (κ2) is 3.83. The van der Waals surface area contributed by atoms with Gasteiger partial charge in [0.05, 0.1) is 0 Å². The van der Waals surface area contributed by atoms with Gasteiger partial charge in [-0.1, -0.05) is 23.2 Å². The fourth-order valence-electron chi connectivity index (χ4n) is 0.215. The lowest BCUT2D eigenvalue weighted by atomic mass is 10.3. The van der Waals surface area contributed by atoms with Gasteiger partial charge in [-0.2, -0.15) is 0 Å². The SMILES string of the molecule is O=C(C(=O)C(F)Cl)C(F)Cl. The van der Waals surface area contributed by atoms with Gasteiger partial charge in [-0.25, -0.2) is 8.78 Å². The van der Waals surface area contributed by atoms with E-state index in [0.29, 0.717) is 0 Å². The molecule has 0 aromatic carbocycles. The van der Waals surface area contributed by atoms with Crippen LogP contribution in [0.2, 0.25) is 0 Å². The standard InChI is InChI=1S/C4H2Cl2F2O2/c5-3(7)1(9)2(10)4(6)8/h3-4H. The lowest BCUT2D eigenvalue weighted by molar-refractivity contribution is -0.139. The molecule has 0 aliphatic rings. The Bertz CT molecular complexity index is 139. The van der Waals surface area contributed by atoms with Gasteiger partial charge in [0.15, 0.2) is 0 Å². The molecule has 6 heteroatoms. The summed E-state index contributed by atoms with van der Waals surface area (Å²) in [6.07, 6.45) is 0. The van der Waals surface area contributed by atoms with Crippen LogP contribution in [0.4, 0.5) is 8.78 Å². The van der Waals surface area contributed by atoms with Crippen LogP contribution in [0.25, 0.3) is 0 Å². The van der Waals surface area contributed by atoms with E-state index in [1.807, 2.05) is 0 Å². The molecule has 0 aliphatic carbocycles. The molecule has 0 aromatic heterocycles. The Kier molecular flexibility index (Phi) is 3.75. The molecule has 2 atom stereocenters. The monoisotopic (exact) mass is 190 g/mol. The van der Waals surface area contributed by atoms with E-state index in [2.05, 4.69) is 23.2 Å². The van der Waals surface area contributed by atoms with E-state index >= 15 is 0 Å². The first-order valence-corrected chi connectivity index (χ1v) is 2.98. The first-order valence-electron chi connectivity index (χ1n) is 2.11. The van der Waals surface area contributed by atoms with E-state index in [4.69, 9.17) is 0 Å². The molecule has 0 bridgehead atoms. The molecule has 0 aliphatic heterocycles. The van der Waals surface area contributed by atoms with Gasteiger partial charge in [-0.3, -0.25) is 9.59 Å². The van der Waals surface area contributed by atoms with E-state index in [1.54, 1.807) is 0 Å². The molecule has 0 fully saturated rings. The lowest BCUT2D eigenvalue weighted by Gasteiger charge is -1.96. The van der Waals surface area contributed by atoms with Crippen molar-refractivity contribution in [1.29, 1.82) is 0 Å². The number of halogens is 4. The number of ketones is 2. The summed E-state index contributed by atoms with van der Waals surface area (Å²) in [7, 11) is 0. The number of hydrogen-bond acceptors (Lipinski definition) is 2. The average Bonchev–Trinajstić information content (AvgIpc) is 1.84. The minimum Gasteiger partial charge on any atom is -0.286 e. The second-order valence-corrected chi connectivity index (χ2v) is 2.10. The molecule has 0 aromatic rings. The summed E-state index contributed by atoms with van der Waals surface area (Å²) in [5.74, 6) is -3.33. The minimum absolute atomic E-state index is 1.66. The predicted molar refractivity (Wildman–Crippen MR) is 31.5 cm³/mol. The third kappa shape index (κ3) is 2.58. The van der Waals surface area contributed by atoms with Crippen LogP contribution in [-0.2, 0) is 9.59 Å². The molecule has 0 amide bonds. The maximum atomic E-state index is 11.7. The Hall–Kier alpha value is -0.220. The summed E-state index contributed by atoms with van der Waals surface area (Å²) in [4.78, 5) is 20.2. The van der Waals surface area contributed by atoms with Crippen molar-refractivity contribution in [2.24, 2.45) is 0 Å². The van der Waals surface area contributed by atoms with Gasteiger partial charge in [0.2, 0.25) is 11.3 Å². The van der Waals surface area contributed by atoms with Crippen LogP contribution in [0.15, 0.2) is 0 Å². The first kappa shape index (κ1) is 9.78. The number of rotatable bonds is 3. The Labute approximate surface area is 65.1 Å². The van der Waals surface area contributed by atoms with E-state index in [-0.39, 0.29) is 0 Å². The fourth-order valence-corrected chi connectivity index (χ4v) is 0.430. The van der Waals surface area contributed by atoms with Crippen LogP contribution in [0.5, 0.6) is 0 Å². The smallest absolute Gasteiger partial charge is 0.252 e. The summed E-state index contributed by atoms with van der Waals surface area (Å²) in [6, 6.07) is 0. The van der Waals surface area contributed by atoms with Crippen LogP contribution >= 0.6 is 23.2 Å². The molecule has 58 valence electrons. The van der Waals surface area contributed by atoms with Crippen molar-refractivity contribution >= 4 is 34.8 Å². The van der Waals surface area contributed by atoms with Gasteiger partial charge in [0, 0.05) is 0 Å². The number of hydrogen-bond donors (Lipinski definition) is 0. The highest BCUT2D eigenvalue weighted by atomic mass is 35.5. The zero-order valence-corrected chi connectivity index (χ0v) is 5.99. The zero-order valence-electron chi connectivity index (χ0n) is 4.48. The molecular weight excluding hydrogens is 189 g/mol. The first-order chi connectivity index (χ1) is 4.46. The fraction of sp³-hybridized carbons (Fsp3) is 0.500. The van der Waals surface area contributed by atoms with Gasteiger partial charge in [0.1, 0.15) is 0 Å². The molecule has 0 rings (SSSR count). The molecule has 0 N–H and O–H groups in total. The topological polar surface area (TPSA) is 34.1 Å². The maximum Gasteiger partial charge on any atom is 0.252 e. The van der Waals surface area contributed by atoms with Gasteiger partial charge < -0.3 is 0 Å². The van der Waals surface area contributed by atoms with E-state index in [9.17, 15) is 18.4 Å². The Morgan fingerprint density at radius 3 is 1.30 bits per heavy atom. The lowest BCUT2D eigenvalue weighted by Crippen LogP contribution is -2.26. The van der Waals surface area contributed by atoms with E-state index < -0.39 is 22.8 Å². The van der Waals surface area contributed by atoms with Crippen LogP contribution in [0, 0.1) is 0 Å². The molecule has 0 saturated carbocycles. The van der Waals surface area contributed by atoms with Crippen molar-refractivity contribution in [3.63, 3.8) is 0 Å². The summed E-state index contributed by atoms with van der Waals surface area (Å²) in [5.41, 5.74) is -5.02. The van der Waals surface area contributed by atoms with Crippen molar-refractivity contribution in [3.8, 4) is 0 Å². The van der Waals surface area contributed by atoms with Crippen molar-refractivity contribution in [2.45, 2.75) is 11.3 Å². The van der Waals surface area contributed by atoms with Gasteiger partial charge in [-0.15, -0.1) is 0 Å². The molecule has 0 heterocycles. The highest BCUT2D eigenvalue weighted by molar-refractivity contribution is 6.55. The number of carbonyl (C=O) groups excluding carboxylic acids is 2. The van der Waals surface area contributed by atoms with Crippen LogP contribution < -0.4 is 0 Å². The summed E-state index contributed by atoms with van der Waals surface area (Å²) in [6.45, 7) is 0. The van der Waals surface area contributed by atoms with Gasteiger partial charge >= 0.3 is 0 Å². The van der Waals surface area contributed by atoms with Gasteiger partial charge in [0.25, 0.3) is 11.6 Å². The second-order valence-electron chi connectivity index (χ2n) is 1.33. The summed E-state index contributed by atoms with van der Waals surface area (Å²) >= 11 is 9.01. The number of Topliss-reactive ketones (excluding diaryl/α,β-unsaturated/α-hetero) is 2. The van der Waals surface area contributed by atoms with E-state index in [0.717, 1.165) is 0 Å². The summed E-state index contributed by atoms with van der Waals surface area (Å²) in [5, 5.41) is 0. The molecule has 10 heavy (non-hydrogen) atoms. The van der Waals surface area contributed by atoms with Crippen LogP contribution in [0.1, 0.15) is 0 Å². The van der Waals surface area contributed by atoms with Crippen molar-refractivity contribution in [2.75, 3.05) is 0 Å². The number of alkyl halides is 4. The minimum atomic E-state index is -2.51. The van der Waals surface area contributed by atoms with Crippen molar-refractivity contribution < 1.29 is 18.4 Å². The molecule has 0 radical (unpaired) electrons. The predicted octanol–water partition coefficient (Wildman–Crippen LogP) is 1.19. The molecule has 2 unspecified atom stereocenters. The van der Waals surface area contributed by atoms with Gasteiger partial charge in [-0.05, 0) is 0 Å². The van der Waals surface area contributed by atoms with Crippen LogP contribution in [-0.4, -0.2) is 22.8 Å². The van der Waals surface area contributed by atoms with Crippen molar-refractivity contribution in [3.05, 3.63) is 0 Å². The molecule has 0 saturated heterocycles. The maximum absolute atomic E-state index is 11.7. The third-order valence-corrected chi connectivity index (χ3v) is 1.04. The molecule has 0 spiro atoms. The molecule has 2 nitrogen and oxygen atoms in total. The average molecular weight is 191 g/mol. The Morgan fingerprint density at radius 2 is 1.20 bits per heavy atom. The molecular formula is C4H2Cl2F2O2. The third-order valence-electron chi connectivity index (χ3n) is 0.639. The largest absolute Gasteiger partial charge is 0.286 e. The number of carbonyl (C=O) groups is 2. The normalized spacial score (nSPS) is 16.0.